The van der Waals surface area contributed by atoms with Crippen LogP contribution in [0.15, 0.2) is 18.2 Å². The van der Waals surface area contributed by atoms with Gasteiger partial charge in [0.05, 0.1) is 18.8 Å². The standard InChI is InChI=1S/C19H26ClN3O3S/c1-26-17-5-4-14(20)13-15(17)21-18(24)6-8-22-7-2-3-16(22)19(25)23-9-11-27-12-10-23/h4-5,13,16H,2-3,6-12H2,1H3,(H,21,24). The molecule has 8 heteroatoms. The Kier molecular flexibility index (Phi) is 7.26. The smallest absolute Gasteiger partial charge is 0.239 e. The van der Waals surface area contributed by atoms with Gasteiger partial charge in [-0.15, -0.1) is 0 Å². The van der Waals surface area contributed by atoms with E-state index in [4.69, 9.17) is 16.3 Å². The van der Waals surface area contributed by atoms with E-state index in [0.29, 0.717) is 29.4 Å². The summed E-state index contributed by atoms with van der Waals surface area (Å²) >= 11 is 7.91. The summed E-state index contributed by atoms with van der Waals surface area (Å²) in [7, 11) is 1.55. The van der Waals surface area contributed by atoms with Crippen LogP contribution in [0.2, 0.25) is 5.02 Å². The van der Waals surface area contributed by atoms with Crippen molar-refractivity contribution in [3.05, 3.63) is 23.2 Å². The lowest BCUT2D eigenvalue weighted by molar-refractivity contribution is -0.136. The van der Waals surface area contributed by atoms with Crippen LogP contribution in [0.1, 0.15) is 19.3 Å². The number of nitrogens with one attached hydrogen (secondary N) is 1. The molecule has 1 unspecified atom stereocenters. The fraction of sp³-hybridized carbons (Fsp3) is 0.579. The molecular formula is C19H26ClN3O3S. The molecule has 27 heavy (non-hydrogen) atoms. The summed E-state index contributed by atoms with van der Waals surface area (Å²) in [6, 6.07) is 5.04. The Morgan fingerprint density at radius 3 is 2.81 bits per heavy atom. The topological polar surface area (TPSA) is 61.9 Å². The predicted molar refractivity (Wildman–Crippen MR) is 110 cm³/mol. The number of hydrogen-bond acceptors (Lipinski definition) is 5. The van der Waals surface area contributed by atoms with Gasteiger partial charge in [-0.1, -0.05) is 11.6 Å². The molecule has 1 atom stereocenters. The van der Waals surface area contributed by atoms with Gasteiger partial charge >= 0.3 is 0 Å². The molecule has 2 fully saturated rings. The fourth-order valence-electron chi connectivity index (χ4n) is 3.60. The van der Waals surface area contributed by atoms with Crippen LogP contribution in [-0.2, 0) is 9.59 Å². The van der Waals surface area contributed by atoms with Crippen molar-refractivity contribution in [1.29, 1.82) is 0 Å². The number of halogens is 1. The second-order valence-corrected chi connectivity index (χ2v) is 8.44. The molecule has 6 nitrogen and oxygen atoms in total. The normalized spacial score (nSPS) is 20.5. The maximum Gasteiger partial charge on any atom is 0.239 e. The van der Waals surface area contributed by atoms with Gasteiger partial charge in [-0.25, -0.2) is 0 Å². The van der Waals surface area contributed by atoms with Crippen molar-refractivity contribution >= 4 is 40.9 Å². The lowest BCUT2D eigenvalue weighted by Gasteiger charge is -2.32. The second kappa shape index (κ2) is 9.66. The Balaban J connectivity index is 1.53. The average Bonchev–Trinajstić information content (AvgIpc) is 3.15. The average molecular weight is 412 g/mol. The van der Waals surface area contributed by atoms with E-state index in [9.17, 15) is 9.59 Å². The predicted octanol–water partition coefficient (Wildman–Crippen LogP) is 2.72. The number of hydrogen-bond donors (Lipinski definition) is 1. The second-order valence-electron chi connectivity index (χ2n) is 6.77. The van der Waals surface area contributed by atoms with E-state index in [1.165, 1.54) is 0 Å². The van der Waals surface area contributed by atoms with E-state index in [0.717, 1.165) is 44.0 Å². The van der Waals surface area contributed by atoms with Crippen molar-refractivity contribution in [1.82, 2.24) is 9.80 Å². The van der Waals surface area contributed by atoms with Gasteiger partial charge in [0.1, 0.15) is 5.75 Å². The number of methoxy groups -OCH3 is 1. The Bertz CT molecular complexity index is 682. The van der Waals surface area contributed by atoms with Crippen molar-refractivity contribution < 1.29 is 14.3 Å². The minimum absolute atomic E-state index is 0.0818. The van der Waals surface area contributed by atoms with E-state index in [-0.39, 0.29) is 17.9 Å². The quantitative estimate of drug-likeness (QED) is 0.779. The van der Waals surface area contributed by atoms with Gasteiger partial charge in [0.2, 0.25) is 11.8 Å². The number of likely N-dealkylation sites (tertiary alicyclic amines) is 1. The number of nitrogens with zero attached hydrogens (tertiary/aromatic N) is 2. The van der Waals surface area contributed by atoms with Crippen LogP contribution in [0.5, 0.6) is 5.75 Å². The third kappa shape index (κ3) is 5.30. The number of benzene rings is 1. The number of amides is 2. The number of thioether (sulfide) groups is 1. The van der Waals surface area contributed by atoms with E-state index in [1.807, 2.05) is 16.7 Å². The highest BCUT2D eigenvalue weighted by molar-refractivity contribution is 7.99. The fourth-order valence-corrected chi connectivity index (χ4v) is 4.68. The Morgan fingerprint density at radius 1 is 1.30 bits per heavy atom. The zero-order chi connectivity index (χ0) is 19.2. The molecular weight excluding hydrogens is 386 g/mol. The van der Waals surface area contributed by atoms with E-state index in [2.05, 4.69) is 10.2 Å². The summed E-state index contributed by atoms with van der Waals surface area (Å²) in [6.07, 6.45) is 2.21. The number of rotatable bonds is 6. The minimum atomic E-state index is -0.108. The first-order valence-electron chi connectivity index (χ1n) is 9.32. The molecule has 0 aromatic heterocycles. The molecule has 148 valence electrons. The molecule has 0 saturated carbocycles. The highest BCUT2D eigenvalue weighted by Gasteiger charge is 2.34. The molecule has 0 bridgehead atoms. The molecule has 1 aromatic carbocycles. The number of carbonyl (C=O) groups is 2. The molecule has 3 rings (SSSR count). The summed E-state index contributed by atoms with van der Waals surface area (Å²) in [5.74, 6) is 2.72. The van der Waals surface area contributed by atoms with Crippen molar-refractivity contribution in [2.75, 3.05) is 50.1 Å². The largest absolute Gasteiger partial charge is 0.495 e. The molecule has 2 aliphatic rings. The Hall–Kier alpha value is -1.44. The van der Waals surface area contributed by atoms with Crippen LogP contribution in [0.3, 0.4) is 0 Å². The van der Waals surface area contributed by atoms with Gasteiger partial charge in [0, 0.05) is 42.6 Å². The third-order valence-corrected chi connectivity index (χ3v) is 6.21. The van der Waals surface area contributed by atoms with Gasteiger partial charge in [0.25, 0.3) is 0 Å². The van der Waals surface area contributed by atoms with Crippen LogP contribution >= 0.6 is 23.4 Å². The van der Waals surface area contributed by atoms with E-state index >= 15 is 0 Å². The first-order chi connectivity index (χ1) is 13.1. The lowest BCUT2D eigenvalue weighted by Crippen LogP contribution is -2.48. The molecule has 2 heterocycles. The maximum absolute atomic E-state index is 12.8. The molecule has 2 amide bonds. The van der Waals surface area contributed by atoms with Crippen molar-refractivity contribution in [2.45, 2.75) is 25.3 Å². The van der Waals surface area contributed by atoms with Gasteiger partial charge in [0.15, 0.2) is 0 Å². The summed E-state index contributed by atoms with van der Waals surface area (Å²) in [5, 5.41) is 3.40. The molecule has 1 aromatic rings. The van der Waals surface area contributed by atoms with Crippen LogP contribution in [0, 0.1) is 0 Å². The molecule has 2 aliphatic heterocycles. The number of ether oxygens (including phenoxy) is 1. The van der Waals surface area contributed by atoms with Crippen molar-refractivity contribution in [3.63, 3.8) is 0 Å². The van der Waals surface area contributed by atoms with Gasteiger partial charge in [-0.05, 0) is 37.6 Å². The van der Waals surface area contributed by atoms with Crippen LogP contribution < -0.4 is 10.1 Å². The number of anilines is 1. The zero-order valence-electron chi connectivity index (χ0n) is 15.6. The monoisotopic (exact) mass is 411 g/mol. The van der Waals surface area contributed by atoms with Crippen LogP contribution in [0.4, 0.5) is 5.69 Å². The van der Waals surface area contributed by atoms with Crippen molar-refractivity contribution in [3.8, 4) is 5.75 Å². The first-order valence-corrected chi connectivity index (χ1v) is 10.9. The summed E-state index contributed by atoms with van der Waals surface area (Å²) in [6.45, 7) is 3.12. The highest BCUT2D eigenvalue weighted by Crippen LogP contribution is 2.28. The summed E-state index contributed by atoms with van der Waals surface area (Å²) in [4.78, 5) is 29.3. The highest BCUT2D eigenvalue weighted by atomic mass is 35.5. The minimum Gasteiger partial charge on any atom is -0.495 e. The Labute approximate surface area is 169 Å². The van der Waals surface area contributed by atoms with Gasteiger partial charge < -0.3 is 15.0 Å². The molecule has 2 saturated heterocycles. The molecule has 1 N–H and O–H groups in total. The third-order valence-electron chi connectivity index (χ3n) is 5.03. The molecule has 0 radical (unpaired) electrons. The molecule has 0 aliphatic carbocycles. The number of carbonyl (C=O) groups excluding carboxylic acids is 2. The van der Waals surface area contributed by atoms with E-state index < -0.39 is 0 Å². The molecule has 0 spiro atoms. The van der Waals surface area contributed by atoms with Gasteiger partial charge in [-0.2, -0.15) is 11.8 Å². The summed E-state index contributed by atoms with van der Waals surface area (Å²) in [5.41, 5.74) is 0.565. The lowest BCUT2D eigenvalue weighted by atomic mass is 10.2. The summed E-state index contributed by atoms with van der Waals surface area (Å²) < 4.78 is 5.26. The Morgan fingerprint density at radius 2 is 2.07 bits per heavy atom. The van der Waals surface area contributed by atoms with E-state index in [1.54, 1.807) is 25.3 Å². The SMILES string of the molecule is COc1ccc(Cl)cc1NC(=O)CCN1CCCC1C(=O)N1CCSCC1. The van der Waals surface area contributed by atoms with Gasteiger partial charge in [-0.3, -0.25) is 14.5 Å². The zero-order valence-corrected chi connectivity index (χ0v) is 17.2. The van der Waals surface area contributed by atoms with Crippen molar-refractivity contribution in [2.24, 2.45) is 0 Å². The maximum atomic E-state index is 12.8. The van der Waals surface area contributed by atoms with Crippen LogP contribution in [-0.4, -0.2) is 72.5 Å². The van der Waals surface area contributed by atoms with Crippen LogP contribution in [0.25, 0.3) is 0 Å². The first kappa shape index (κ1) is 20.3.